The molecule has 0 aliphatic carbocycles. The number of benzene rings is 1. The number of hydrogen-bond acceptors (Lipinski definition) is 3. The van der Waals surface area contributed by atoms with E-state index in [1.54, 1.807) is 23.1 Å². The average Bonchev–Trinajstić information content (AvgIpc) is 2.38. The molecule has 2 N–H and O–H groups in total. The van der Waals surface area contributed by atoms with Crippen LogP contribution in [0.2, 0.25) is 0 Å². The number of amides is 1. The maximum absolute atomic E-state index is 12.0. The summed E-state index contributed by atoms with van der Waals surface area (Å²) < 4.78 is 0. The van der Waals surface area contributed by atoms with E-state index in [1.165, 1.54) is 6.08 Å². The Labute approximate surface area is 114 Å². The fourth-order valence-corrected chi connectivity index (χ4v) is 1.66. The Morgan fingerprint density at radius 2 is 2.05 bits per heavy atom. The molecule has 0 atom stereocenters. The highest BCUT2D eigenvalue weighted by molar-refractivity contribution is 5.92. The molecule has 1 amide bonds. The molecule has 0 saturated carbocycles. The zero-order chi connectivity index (χ0) is 14.3. The first-order valence-electron chi connectivity index (χ1n) is 6.25. The highest BCUT2D eigenvalue weighted by Crippen LogP contribution is 2.08. The second-order valence-electron chi connectivity index (χ2n) is 4.53. The van der Waals surface area contributed by atoms with Crippen LogP contribution >= 0.6 is 0 Å². The number of anilines is 1. The van der Waals surface area contributed by atoms with Gasteiger partial charge in [-0.15, -0.1) is 0 Å². The minimum absolute atomic E-state index is 0.0805. The van der Waals surface area contributed by atoms with Gasteiger partial charge in [-0.05, 0) is 37.6 Å². The van der Waals surface area contributed by atoms with Crippen LogP contribution in [0, 0.1) is 11.3 Å². The third kappa shape index (κ3) is 4.84. The molecule has 0 aromatic heterocycles. The van der Waals surface area contributed by atoms with Crippen LogP contribution in [0.5, 0.6) is 0 Å². The van der Waals surface area contributed by atoms with Gasteiger partial charge in [0.2, 0.25) is 5.91 Å². The molecule has 1 aromatic carbocycles. The Balaban J connectivity index is 2.70. The minimum Gasteiger partial charge on any atom is -0.399 e. The normalized spacial score (nSPS) is 10.6. The van der Waals surface area contributed by atoms with Crippen molar-refractivity contribution >= 4 is 17.7 Å². The molecular formula is C15H19N3O. The van der Waals surface area contributed by atoms with E-state index in [4.69, 9.17) is 11.0 Å². The first-order chi connectivity index (χ1) is 9.04. The van der Waals surface area contributed by atoms with Crippen LogP contribution in [0.25, 0.3) is 6.08 Å². The van der Waals surface area contributed by atoms with E-state index in [1.807, 2.05) is 26.0 Å². The van der Waals surface area contributed by atoms with Gasteiger partial charge in [0, 0.05) is 24.4 Å². The van der Waals surface area contributed by atoms with Crippen LogP contribution in [0.15, 0.2) is 30.3 Å². The van der Waals surface area contributed by atoms with E-state index in [0.29, 0.717) is 18.7 Å². The Bertz CT molecular complexity index is 483. The lowest BCUT2D eigenvalue weighted by atomic mass is 10.2. The monoisotopic (exact) mass is 257 g/mol. The van der Waals surface area contributed by atoms with Gasteiger partial charge in [0.05, 0.1) is 12.5 Å². The van der Waals surface area contributed by atoms with E-state index >= 15 is 0 Å². The van der Waals surface area contributed by atoms with E-state index in [-0.39, 0.29) is 11.9 Å². The van der Waals surface area contributed by atoms with Gasteiger partial charge in [0.1, 0.15) is 0 Å². The van der Waals surface area contributed by atoms with Gasteiger partial charge < -0.3 is 10.6 Å². The molecule has 0 aliphatic rings. The Morgan fingerprint density at radius 3 is 2.58 bits per heavy atom. The van der Waals surface area contributed by atoms with Gasteiger partial charge in [0.25, 0.3) is 0 Å². The zero-order valence-corrected chi connectivity index (χ0v) is 11.3. The third-order valence-electron chi connectivity index (χ3n) is 2.73. The maximum atomic E-state index is 12.0. The van der Waals surface area contributed by atoms with Gasteiger partial charge in [-0.2, -0.15) is 5.26 Å². The molecule has 4 nitrogen and oxygen atoms in total. The van der Waals surface area contributed by atoms with Crippen molar-refractivity contribution in [3.8, 4) is 6.07 Å². The summed E-state index contributed by atoms with van der Waals surface area (Å²) in [6.45, 7) is 4.33. The number of nitriles is 1. The SMILES string of the molecule is CC(C)N(CCC#N)C(=O)/C=C/c1ccc(N)cc1. The summed E-state index contributed by atoms with van der Waals surface area (Å²) >= 11 is 0. The van der Waals surface area contributed by atoms with E-state index in [9.17, 15) is 4.79 Å². The van der Waals surface area contributed by atoms with Crippen LogP contribution in [0.1, 0.15) is 25.8 Å². The second kappa shape index (κ2) is 7.22. The largest absolute Gasteiger partial charge is 0.399 e. The summed E-state index contributed by atoms with van der Waals surface area (Å²) in [6.07, 6.45) is 3.63. The highest BCUT2D eigenvalue weighted by atomic mass is 16.2. The summed E-state index contributed by atoms with van der Waals surface area (Å²) in [7, 11) is 0. The number of rotatable bonds is 5. The Hall–Kier alpha value is -2.28. The van der Waals surface area contributed by atoms with E-state index in [2.05, 4.69) is 6.07 Å². The zero-order valence-electron chi connectivity index (χ0n) is 11.3. The molecule has 0 spiro atoms. The number of carbonyl (C=O) groups excluding carboxylic acids is 1. The van der Waals surface area contributed by atoms with Crippen molar-refractivity contribution < 1.29 is 4.79 Å². The van der Waals surface area contributed by atoms with Crippen LogP contribution < -0.4 is 5.73 Å². The van der Waals surface area contributed by atoms with Crippen molar-refractivity contribution in [2.45, 2.75) is 26.3 Å². The fourth-order valence-electron chi connectivity index (χ4n) is 1.66. The topological polar surface area (TPSA) is 70.1 Å². The molecule has 1 rings (SSSR count). The molecule has 0 unspecified atom stereocenters. The van der Waals surface area contributed by atoms with Crippen molar-refractivity contribution in [2.75, 3.05) is 12.3 Å². The lowest BCUT2D eigenvalue weighted by Crippen LogP contribution is -2.36. The van der Waals surface area contributed by atoms with Crippen LogP contribution in [-0.4, -0.2) is 23.4 Å². The number of carbonyl (C=O) groups is 1. The molecule has 19 heavy (non-hydrogen) atoms. The Kier molecular flexibility index (Phi) is 5.62. The molecular weight excluding hydrogens is 238 g/mol. The van der Waals surface area contributed by atoms with Crippen molar-refractivity contribution in [1.82, 2.24) is 4.90 Å². The lowest BCUT2D eigenvalue weighted by Gasteiger charge is -2.24. The minimum atomic E-state index is -0.0814. The number of nitrogens with zero attached hydrogens (tertiary/aromatic N) is 2. The molecule has 100 valence electrons. The number of nitrogen functional groups attached to an aromatic ring is 1. The summed E-state index contributed by atoms with van der Waals surface area (Å²) in [5.74, 6) is -0.0814. The van der Waals surface area contributed by atoms with Gasteiger partial charge in [-0.25, -0.2) is 0 Å². The van der Waals surface area contributed by atoms with Crippen LogP contribution in [0.3, 0.4) is 0 Å². The molecule has 0 aliphatic heterocycles. The molecule has 1 aromatic rings. The number of nitrogens with two attached hydrogens (primary N) is 1. The van der Waals surface area contributed by atoms with E-state index < -0.39 is 0 Å². The quantitative estimate of drug-likeness (QED) is 0.650. The first-order valence-corrected chi connectivity index (χ1v) is 6.25. The number of hydrogen-bond donors (Lipinski definition) is 1. The van der Waals surface area contributed by atoms with Crippen molar-refractivity contribution in [1.29, 1.82) is 5.26 Å². The Morgan fingerprint density at radius 1 is 1.42 bits per heavy atom. The molecule has 0 heterocycles. The standard InChI is InChI=1S/C15H19N3O/c1-12(2)18(11-3-10-16)15(19)9-6-13-4-7-14(17)8-5-13/h4-9,12H,3,11,17H2,1-2H3/b9-6+. The molecule has 0 radical (unpaired) electrons. The van der Waals surface area contributed by atoms with Gasteiger partial charge in [-0.1, -0.05) is 12.1 Å². The lowest BCUT2D eigenvalue weighted by molar-refractivity contribution is -0.127. The molecule has 0 saturated heterocycles. The maximum Gasteiger partial charge on any atom is 0.246 e. The first kappa shape index (κ1) is 14.8. The van der Waals surface area contributed by atoms with Crippen LogP contribution in [0.4, 0.5) is 5.69 Å². The van der Waals surface area contributed by atoms with Crippen molar-refractivity contribution in [3.05, 3.63) is 35.9 Å². The summed E-state index contributed by atoms with van der Waals surface area (Å²) in [5, 5.41) is 8.59. The molecule has 0 bridgehead atoms. The predicted octanol–water partition coefficient (Wildman–Crippen LogP) is 2.43. The summed E-state index contributed by atoms with van der Waals surface area (Å²) in [4.78, 5) is 13.7. The molecule has 0 fully saturated rings. The predicted molar refractivity (Wildman–Crippen MR) is 77.0 cm³/mol. The van der Waals surface area contributed by atoms with Crippen molar-refractivity contribution in [2.24, 2.45) is 0 Å². The van der Waals surface area contributed by atoms with Crippen LogP contribution in [-0.2, 0) is 4.79 Å². The summed E-state index contributed by atoms with van der Waals surface area (Å²) in [6, 6.07) is 9.43. The third-order valence-corrected chi connectivity index (χ3v) is 2.73. The fraction of sp³-hybridized carbons (Fsp3) is 0.333. The molecule has 4 heteroatoms. The van der Waals surface area contributed by atoms with Crippen molar-refractivity contribution in [3.63, 3.8) is 0 Å². The van der Waals surface area contributed by atoms with Gasteiger partial charge >= 0.3 is 0 Å². The van der Waals surface area contributed by atoms with E-state index in [0.717, 1.165) is 5.56 Å². The second-order valence-corrected chi connectivity index (χ2v) is 4.53. The van der Waals surface area contributed by atoms with Gasteiger partial charge in [0.15, 0.2) is 0 Å². The highest BCUT2D eigenvalue weighted by Gasteiger charge is 2.13. The van der Waals surface area contributed by atoms with Gasteiger partial charge in [-0.3, -0.25) is 4.79 Å². The smallest absolute Gasteiger partial charge is 0.246 e. The summed E-state index contributed by atoms with van der Waals surface area (Å²) in [5.41, 5.74) is 7.21. The average molecular weight is 257 g/mol.